The van der Waals surface area contributed by atoms with Gasteiger partial charge in [0.15, 0.2) is 0 Å². The van der Waals surface area contributed by atoms with Gasteiger partial charge in [0.1, 0.15) is 0 Å². The van der Waals surface area contributed by atoms with Gasteiger partial charge in [-0.1, -0.05) is 37.5 Å². The summed E-state index contributed by atoms with van der Waals surface area (Å²) < 4.78 is 0. The average molecular weight is 163 g/mol. The van der Waals surface area contributed by atoms with Gasteiger partial charge in [-0.05, 0) is 24.5 Å². The van der Waals surface area contributed by atoms with E-state index >= 15 is 0 Å². The van der Waals surface area contributed by atoms with E-state index in [2.05, 4.69) is 13.8 Å². The highest BCUT2D eigenvalue weighted by Crippen LogP contribution is 2.22. The van der Waals surface area contributed by atoms with Gasteiger partial charge in [0.2, 0.25) is 0 Å². The normalized spacial score (nSPS) is 13.7. The fraction of sp³-hybridized carbons (Fsp3) is 1.00. The van der Waals surface area contributed by atoms with Crippen LogP contribution < -0.4 is 0 Å². The van der Waals surface area contributed by atoms with E-state index in [1.807, 2.05) is 0 Å². The van der Waals surface area contributed by atoms with Gasteiger partial charge < -0.3 is 0 Å². The van der Waals surface area contributed by atoms with Crippen LogP contribution in [0.25, 0.3) is 0 Å². The molecule has 1 radical (unpaired) electrons. The predicted octanol–water partition coefficient (Wildman–Crippen LogP) is 3.80. The van der Waals surface area contributed by atoms with Crippen LogP contribution in [0.5, 0.6) is 0 Å². The van der Waals surface area contributed by atoms with Crippen molar-refractivity contribution in [1.82, 2.24) is 0 Å². The Morgan fingerprint density at radius 3 is 2.44 bits per heavy atom. The second kappa shape index (κ2) is 6.81. The van der Waals surface area contributed by atoms with Crippen LogP contribution in [0.4, 0.5) is 0 Å². The lowest BCUT2D eigenvalue weighted by molar-refractivity contribution is 0.673. The monoisotopic (exact) mass is 163 g/mol. The van der Waals surface area contributed by atoms with Crippen LogP contribution in [0.2, 0.25) is 0 Å². The molecule has 9 heavy (non-hydrogen) atoms. The zero-order valence-corrected chi connectivity index (χ0v) is 7.86. The van der Waals surface area contributed by atoms with Gasteiger partial charge in [0, 0.05) is 5.25 Å². The second-order valence-electron chi connectivity index (χ2n) is 2.27. The van der Waals surface area contributed by atoms with E-state index in [0.717, 1.165) is 5.25 Å². The number of hydrogen-bond donors (Lipinski definition) is 0. The Labute approximate surface area is 67.6 Å². The summed E-state index contributed by atoms with van der Waals surface area (Å²) in [4.78, 5) is 0. The van der Waals surface area contributed by atoms with E-state index in [1.54, 1.807) is 10.8 Å². The molecule has 0 bridgehead atoms. The Hall–Kier alpha value is 0.700. The Bertz CT molecular complexity index is 50.9. The molecule has 0 fully saturated rings. The summed E-state index contributed by atoms with van der Waals surface area (Å²) in [7, 11) is 1.59. The molecule has 0 nitrogen and oxygen atoms in total. The molecule has 0 spiro atoms. The number of rotatable bonds is 5. The summed E-state index contributed by atoms with van der Waals surface area (Å²) in [6.45, 7) is 4.43. The highest BCUT2D eigenvalue weighted by atomic mass is 33.1. The fourth-order valence-electron chi connectivity index (χ4n) is 0.752. The summed E-state index contributed by atoms with van der Waals surface area (Å²) >= 11 is 4.90. The van der Waals surface area contributed by atoms with Crippen LogP contribution >= 0.6 is 22.5 Å². The maximum absolute atomic E-state index is 4.90. The summed E-state index contributed by atoms with van der Waals surface area (Å²) in [6.07, 6.45) is 5.17. The minimum absolute atomic E-state index is 0.736. The smallest absolute Gasteiger partial charge is 0.0157 e. The molecule has 0 amide bonds. The van der Waals surface area contributed by atoms with Crippen molar-refractivity contribution in [2.24, 2.45) is 0 Å². The first-order valence-electron chi connectivity index (χ1n) is 3.63. The van der Waals surface area contributed by atoms with Crippen molar-refractivity contribution >= 4 is 22.5 Å². The molecule has 2 heteroatoms. The van der Waals surface area contributed by atoms with E-state index in [-0.39, 0.29) is 0 Å². The molecule has 0 aromatic carbocycles. The van der Waals surface area contributed by atoms with Gasteiger partial charge in [-0.3, -0.25) is 0 Å². The summed E-state index contributed by atoms with van der Waals surface area (Å²) in [5.41, 5.74) is 0. The van der Waals surface area contributed by atoms with Crippen LogP contribution in [0.15, 0.2) is 0 Å². The molecular formula is C7H15S2. The molecule has 0 aliphatic heterocycles. The molecule has 55 valence electrons. The molecule has 0 aliphatic carbocycles. The van der Waals surface area contributed by atoms with Gasteiger partial charge >= 0.3 is 0 Å². The van der Waals surface area contributed by atoms with Crippen LogP contribution in [0.3, 0.4) is 0 Å². The third kappa shape index (κ3) is 5.16. The van der Waals surface area contributed by atoms with Gasteiger partial charge in [-0.2, -0.15) is 0 Å². The fourth-order valence-corrected chi connectivity index (χ4v) is 1.85. The van der Waals surface area contributed by atoms with Crippen molar-refractivity contribution in [2.75, 3.05) is 0 Å². The van der Waals surface area contributed by atoms with E-state index in [9.17, 15) is 0 Å². The lowest BCUT2D eigenvalue weighted by Gasteiger charge is -2.07. The number of hydrogen-bond acceptors (Lipinski definition) is 1. The summed E-state index contributed by atoms with van der Waals surface area (Å²) in [6, 6.07) is 0. The largest absolute Gasteiger partial charge is 0.0783 e. The molecule has 0 saturated carbocycles. The molecular weight excluding hydrogens is 148 g/mol. The Kier molecular flexibility index (Phi) is 7.34. The highest BCUT2D eigenvalue weighted by molar-refractivity contribution is 8.68. The van der Waals surface area contributed by atoms with Crippen molar-refractivity contribution in [2.45, 2.75) is 44.8 Å². The maximum Gasteiger partial charge on any atom is 0.0157 e. The molecule has 0 aliphatic rings. The molecule has 0 rings (SSSR count). The molecule has 0 N–H and O–H groups in total. The number of unbranched alkanes of at least 4 members (excludes halogenated alkanes) is 1. The SMILES string of the molecule is CCCCC(CC)S[S]. The van der Waals surface area contributed by atoms with Crippen molar-refractivity contribution in [1.29, 1.82) is 0 Å². The Morgan fingerprint density at radius 2 is 2.11 bits per heavy atom. The lowest BCUT2D eigenvalue weighted by Crippen LogP contribution is -1.96. The first-order chi connectivity index (χ1) is 4.35. The first-order valence-corrected chi connectivity index (χ1v) is 5.44. The van der Waals surface area contributed by atoms with E-state index < -0.39 is 0 Å². The zero-order chi connectivity index (χ0) is 7.11. The minimum Gasteiger partial charge on any atom is -0.0783 e. The average Bonchev–Trinajstić information content (AvgIpc) is 1.91. The Morgan fingerprint density at radius 1 is 1.44 bits per heavy atom. The van der Waals surface area contributed by atoms with Gasteiger partial charge in [-0.25, -0.2) is 0 Å². The van der Waals surface area contributed by atoms with Crippen molar-refractivity contribution in [3.63, 3.8) is 0 Å². The molecule has 0 heterocycles. The highest BCUT2D eigenvalue weighted by Gasteiger charge is 2.02. The quantitative estimate of drug-likeness (QED) is 0.555. The van der Waals surface area contributed by atoms with Crippen LogP contribution in [-0.4, -0.2) is 5.25 Å². The van der Waals surface area contributed by atoms with Crippen LogP contribution in [0, 0.1) is 0 Å². The third-order valence-corrected chi connectivity index (χ3v) is 3.13. The zero-order valence-electron chi connectivity index (χ0n) is 6.22. The van der Waals surface area contributed by atoms with E-state index in [1.165, 1.54) is 25.7 Å². The van der Waals surface area contributed by atoms with Crippen LogP contribution in [-0.2, 0) is 0 Å². The van der Waals surface area contributed by atoms with E-state index in [4.69, 9.17) is 11.7 Å². The summed E-state index contributed by atoms with van der Waals surface area (Å²) in [5, 5.41) is 0.736. The molecule has 1 unspecified atom stereocenters. The van der Waals surface area contributed by atoms with Gasteiger partial charge in [0.05, 0.1) is 0 Å². The lowest BCUT2D eigenvalue weighted by atomic mass is 10.2. The van der Waals surface area contributed by atoms with E-state index in [0.29, 0.717) is 0 Å². The maximum atomic E-state index is 4.90. The van der Waals surface area contributed by atoms with Crippen LogP contribution in [0.1, 0.15) is 39.5 Å². The molecule has 0 saturated heterocycles. The molecule has 0 aromatic heterocycles. The Balaban J connectivity index is 3.09. The van der Waals surface area contributed by atoms with Crippen molar-refractivity contribution < 1.29 is 0 Å². The predicted molar refractivity (Wildman–Crippen MR) is 48.8 cm³/mol. The minimum atomic E-state index is 0.736. The standard InChI is InChI=1S/C7H15S2/c1-3-5-6-7(4-2)9-8/h7H,3-6H2,1-2H3. The third-order valence-electron chi connectivity index (χ3n) is 1.47. The van der Waals surface area contributed by atoms with Crippen molar-refractivity contribution in [3.05, 3.63) is 0 Å². The van der Waals surface area contributed by atoms with Crippen molar-refractivity contribution in [3.8, 4) is 0 Å². The second-order valence-corrected chi connectivity index (χ2v) is 3.71. The first kappa shape index (κ1) is 9.70. The topological polar surface area (TPSA) is 0 Å². The van der Waals surface area contributed by atoms with Gasteiger partial charge in [0.25, 0.3) is 0 Å². The molecule has 1 atom stereocenters. The summed E-state index contributed by atoms with van der Waals surface area (Å²) in [5.74, 6) is 0. The van der Waals surface area contributed by atoms with Gasteiger partial charge in [-0.15, -0.1) is 0 Å². The molecule has 0 aromatic rings.